The van der Waals surface area contributed by atoms with Crippen LogP contribution in [0.1, 0.15) is 11.3 Å². The van der Waals surface area contributed by atoms with Crippen molar-refractivity contribution in [3.63, 3.8) is 0 Å². The Labute approximate surface area is 114 Å². The van der Waals surface area contributed by atoms with E-state index in [1.807, 2.05) is 31.2 Å². The molecule has 5 heteroatoms. The van der Waals surface area contributed by atoms with Gasteiger partial charge in [0.2, 0.25) is 0 Å². The Kier molecular flexibility index (Phi) is 4.04. The number of hydrogen-bond donors (Lipinski definition) is 2. The zero-order valence-corrected chi connectivity index (χ0v) is 11.5. The molecule has 0 radical (unpaired) electrons. The molecule has 4 nitrogen and oxygen atoms in total. The Balaban J connectivity index is 1.88. The van der Waals surface area contributed by atoms with Gasteiger partial charge >= 0.3 is 6.03 Å². The van der Waals surface area contributed by atoms with Gasteiger partial charge in [-0.15, -0.1) is 0 Å². The van der Waals surface area contributed by atoms with Crippen molar-refractivity contribution >= 4 is 27.6 Å². The van der Waals surface area contributed by atoms with Gasteiger partial charge in [0, 0.05) is 10.2 Å². The molecular weight excluding hydrogens is 296 g/mol. The van der Waals surface area contributed by atoms with Gasteiger partial charge in [-0.25, -0.2) is 4.79 Å². The van der Waals surface area contributed by atoms with Gasteiger partial charge in [0.25, 0.3) is 0 Å². The van der Waals surface area contributed by atoms with E-state index in [0.717, 1.165) is 21.5 Å². The molecule has 1 aromatic heterocycles. The van der Waals surface area contributed by atoms with Gasteiger partial charge in [-0.1, -0.05) is 15.9 Å². The Morgan fingerprint density at radius 2 is 2.22 bits per heavy atom. The summed E-state index contributed by atoms with van der Waals surface area (Å²) in [5.74, 6) is 0.720. The number of nitrogens with one attached hydrogen (secondary N) is 2. The van der Waals surface area contributed by atoms with Crippen LogP contribution < -0.4 is 10.6 Å². The molecule has 0 bridgehead atoms. The second-order valence-corrected chi connectivity index (χ2v) is 4.71. The number of benzene rings is 1. The minimum Gasteiger partial charge on any atom is -0.467 e. The SMILES string of the molecule is Cc1cc(NC(=O)NCc2ccco2)ccc1Br. The van der Waals surface area contributed by atoms with Crippen LogP contribution in [-0.4, -0.2) is 6.03 Å². The summed E-state index contributed by atoms with van der Waals surface area (Å²) in [6.07, 6.45) is 1.58. The highest BCUT2D eigenvalue weighted by atomic mass is 79.9. The molecule has 0 saturated heterocycles. The maximum Gasteiger partial charge on any atom is 0.319 e. The summed E-state index contributed by atoms with van der Waals surface area (Å²) in [7, 11) is 0. The number of amides is 2. The average Bonchev–Trinajstić information content (AvgIpc) is 2.84. The van der Waals surface area contributed by atoms with Crippen LogP contribution in [-0.2, 0) is 6.54 Å². The maximum absolute atomic E-state index is 11.6. The van der Waals surface area contributed by atoms with E-state index in [1.54, 1.807) is 12.3 Å². The molecule has 0 unspecified atom stereocenters. The van der Waals surface area contributed by atoms with Gasteiger partial charge in [-0.05, 0) is 42.8 Å². The number of carbonyl (C=O) groups is 1. The third-order valence-corrected chi connectivity index (χ3v) is 3.31. The molecule has 0 saturated carbocycles. The molecule has 0 fully saturated rings. The van der Waals surface area contributed by atoms with Crippen molar-refractivity contribution in [3.05, 3.63) is 52.4 Å². The number of anilines is 1. The molecule has 0 spiro atoms. The molecule has 2 amide bonds. The molecule has 0 aliphatic rings. The standard InChI is InChI=1S/C13H13BrN2O2/c1-9-7-10(4-5-12(9)14)16-13(17)15-8-11-3-2-6-18-11/h2-7H,8H2,1H3,(H2,15,16,17). The van der Waals surface area contributed by atoms with Crippen LogP contribution in [0.2, 0.25) is 0 Å². The molecule has 0 aliphatic heterocycles. The van der Waals surface area contributed by atoms with Gasteiger partial charge in [0.05, 0.1) is 12.8 Å². The topological polar surface area (TPSA) is 54.3 Å². The van der Waals surface area contributed by atoms with Crippen molar-refractivity contribution in [2.24, 2.45) is 0 Å². The molecule has 0 aliphatic carbocycles. The van der Waals surface area contributed by atoms with Crippen LogP contribution in [0.5, 0.6) is 0 Å². The molecule has 2 N–H and O–H groups in total. The van der Waals surface area contributed by atoms with E-state index >= 15 is 0 Å². The minimum atomic E-state index is -0.256. The van der Waals surface area contributed by atoms with E-state index in [4.69, 9.17) is 4.42 Å². The number of hydrogen-bond acceptors (Lipinski definition) is 2. The second-order valence-electron chi connectivity index (χ2n) is 3.85. The highest BCUT2D eigenvalue weighted by Crippen LogP contribution is 2.19. The summed E-state index contributed by atoms with van der Waals surface area (Å²) in [5.41, 5.74) is 1.83. The van der Waals surface area contributed by atoms with E-state index < -0.39 is 0 Å². The lowest BCUT2D eigenvalue weighted by molar-refractivity contribution is 0.251. The van der Waals surface area contributed by atoms with Crippen molar-refractivity contribution in [1.29, 1.82) is 0 Å². The number of rotatable bonds is 3. The van der Waals surface area contributed by atoms with Crippen molar-refractivity contribution in [1.82, 2.24) is 5.32 Å². The third-order valence-electron chi connectivity index (χ3n) is 2.42. The van der Waals surface area contributed by atoms with Gasteiger partial charge in [0.15, 0.2) is 0 Å². The van der Waals surface area contributed by atoms with Crippen molar-refractivity contribution in [3.8, 4) is 0 Å². The average molecular weight is 309 g/mol. The first-order valence-corrected chi connectivity index (χ1v) is 6.28. The summed E-state index contributed by atoms with van der Waals surface area (Å²) in [5, 5.41) is 5.47. The fourth-order valence-corrected chi connectivity index (χ4v) is 1.72. The molecule has 0 atom stereocenters. The van der Waals surface area contributed by atoms with Crippen molar-refractivity contribution < 1.29 is 9.21 Å². The van der Waals surface area contributed by atoms with E-state index in [-0.39, 0.29) is 6.03 Å². The molecule has 2 aromatic rings. The number of urea groups is 1. The van der Waals surface area contributed by atoms with Crippen LogP contribution >= 0.6 is 15.9 Å². The lowest BCUT2D eigenvalue weighted by atomic mass is 10.2. The highest BCUT2D eigenvalue weighted by molar-refractivity contribution is 9.10. The number of halogens is 1. The Morgan fingerprint density at radius 3 is 2.89 bits per heavy atom. The van der Waals surface area contributed by atoms with Gasteiger partial charge in [0.1, 0.15) is 5.76 Å². The van der Waals surface area contributed by atoms with Crippen LogP contribution in [0.25, 0.3) is 0 Å². The van der Waals surface area contributed by atoms with Crippen LogP contribution in [0.15, 0.2) is 45.5 Å². The van der Waals surface area contributed by atoms with E-state index in [0.29, 0.717) is 6.54 Å². The first-order chi connectivity index (χ1) is 8.65. The number of aryl methyl sites for hydroxylation is 1. The quantitative estimate of drug-likeness (QED) is 0.909. The molecular formula is C13H13BrN2O2. The molecule has 1 heterocycles. The normalized spacial score (nSPS) is 10.1. The van der Waals surface area contributed by atoms with Gasteiger partial charge < -0.3 is 15.1 Å². The molecule has 94 valence electrons. The molecule has 2 rings (SSSR count). The second kappa shape index (κ2) is 5.73. The number of furan rings is 1. The molecule has 18 heavy (non-hydrogen) atoms. The monoisotopic (exact) mass is 308 g/mol. The molecule has 1 aromatic carbocycles. The Bertz CT molecular complexity index is 538. The van der Waals surface area contributed by atoms with Crippen LogP contribution in [0.4, 0.5) is 10.5 Å². The van der Waals surface area contributed by atoms with E-state index in [1.165, 1.54) is 0 Å². The van der Waals surface area contributed by atoms with Gasteiger partial charge in [-0.3, -0.25) is 0 Å². The first kappa shape index (κ1) is 12.7. The summed E-state index contributed by atoms with van der Waals surface area (Å²) >= 11 is 3.41. The smallest absolute Gasteiger partial charge is 0.319 e. The first-order valence-electron chi connectivity index (χ1n) is 5.48. The summed E-state index contributed by atoms with van der Waals surface area (Å²) in [4.78, 5) is 11.6. The number of carbonyl (C=O) groups excluding carboxylic acids is 1. The van der Waals surface area contributed by atoms with Crippen molar-refractivity contribution in [2.75, 3.05) is 5.32 Å². The third kappa shape index (κ3) is 3.37. The van der Waals surface area contributed by atoms with E-state index in [9.17, 15) is 4.79 Å². The van der Waals surface area contributed by atoms with Crippen LogP contribution in [0.3, 0.4) is 0 Å². The fraction of sp³-hybridized carbons (Fsp3) is 0.154. The maximum atomic E-state index is 11.6. The van der Waals surface area contributed by atoms with E-state index in [2.05, 4.69) is 26.6 Å². The summed E-state index contributed by atoms with van der Waals surface area (Å²) in [6.45, 7) is 2.34. The minimum absolute atomic E-state index is 0.256. The fourth-order valence-electron chi connectivity index (χ4n) is 1.48. The summed E-state index contributed by atoms with van der Waals surface area (Å²) < 4.78 is 6.14. The summed E-state index contributed by atoms with van der Waals surface area (Å²) in [6, 6.07) is 8.97. The lowest BCUT2D eigenvalue weighted by Gasteiger charge is -2.07. The highest BCUT2D eigenvalue weighted by Gasteiger charge is 2.04. The van der Waals surface area contributed by atoms with Crippen molar-refractivity contribution in [2.45, 2.75) is 13.5 Å². The predicted octanol–water partition coefficient (Wildman–Crippen LogP) is 3.67. The zero-order chi connectivity index (χ0) is 13.0. The van der Waals surface area contributed by atoms with Crippen LogP contribution in [0, 0.1) is 6.92 Å². The lowest BCUT2D eigenvalue weighted by Crippen LogP contribution is -2.27. The van der Waals surface area contributed by atoms with Gasteiger partial charge in [-0.2, -0.15) is 0 Å². The largest absolute Gasteiger partial charge is 0.467 e. The zero-order valence-electron chi connectivity index (χ0n) is 9.87. The Hall–Kier alpha value is -1.75. The Morgan fingerprint density at radius 1 is 1.39 bits per heavy atom. The predicted molar refractivity (Wildman–Crippen MR) is 73.4 cm³/mol.